The van der Waals surface area contributed by atoms with Crippen LogP contribution < -0.4 is 5.32 Å². The number of rotatable bonds is 1. The molecule has 1 heterocycles. The molecular weight excluding hydrogens is 144 g/mol. The summed E-state index contributed by atoms with van der Waals surface area (Å²) in [5, 5.41) is 2.44. The summed E-state index contributed by atoms with van der Waals surface area (Å²) in [6, 6.07) is 4.31. The van der Waals surface area contributed by atoms with E-state index in [2.05, 4.69) is 21.1 Å². The molecule has 0 aliphatic heterocycles. The molecule has 1 N–H and O–H groups in total. The third kappa shape index (κ3) is 2.25. The molecule has 57 valence electrons. The van der Waals surface area contributed by atoms with Crippen LogP contribution in [0.5, 0.6) is 0 Å². The minimum absolute atomic E-state index is 0.508. The second-order valence-corrected chi connectivity index (χ2v) is 1.79. The highest BCUT2D eigenvalue weighted by molar-refractivity contribution is 5.83. The van der Waals surface area contributed by atoms with Crippen molar-refractivity contribution in [2.45, 2.75) is 0 Å². The molecule has 0 spiro atoms. The van der Waals surface area contributed by atoms with E-state index in [9.17, 15) is 4.79 Å². The minimum Gasteiger partial charge on any atom is -0.453 e. The van der Waals surface area contributed by atoms with Crippen molar-refractivity contribution in [3.05, 3.63) is 24.5 Å². The van der Waals surface area contributed by atoms with Gasteiger partial charge in [0.25, 0.3) is 0 Å². The molecule has 0 aliphatic carbocycles. The van der Waals surface area contributed by atoms with Gasteiger partial charge in [0.15, 0.2) is 0 Å². The van der Waals surface area contributed by atoms with Gasteiger partial charge in [-0.25, -0.2) is 4.79 Å². The molecule has 1 aromatic rings. The van der Waals surface area contributed by atoms with Crippen molar-refractivity contribution in [1.82, 2.24) is 4.98 Å². The molecule has 1 radical (unpaired) electrons. The van der Waals surface area contributed by atoms with Crippen LogP contribution in [0.3, 0.4) is 0 Å². The molecule has 0 bridgehead atoms. The first-order valence-electron chi connectivity index (χ1n) is 2.99. The summed E-state index contributed by atoms with van der Waals surface area (Å²) < 4.78 is 4.36. The lowest BCUT2D eigenvalue weighted by molar-refractivity contribution is 0.187. The zero-order valence-electron chi connectivity index (χ0n) is 6.00. The first-order valence-corrected chi connectivity index (χ1v) is 2.99. The highest BCUT2D eigenvalue weighted by atomic mass is 16.5. The van der Waals surface area contributed by atoms with Crippen LogP contribution in [0.15, 0.2) is 18.5 Å². The number of carbonyl (C=O) groups is 1. The minimum atomic E-state index is -0.508. The second-order valence-electron chi connectivity index (χ2n) is 1.79. The Hall–Kier alpha value is -1.58. The van der Waals surface area contributed by atoms with Gasteiger partial charge in [-0.15, -0.1) is 0 Å². The molecule has 0 saturated carbocycles. The van der Waals surface area contributed by atoms with Crippen LogP contribution in [0.1, 0.15) is 0 Å². The van der Waals surface area contributed by atoms with Crippen molar-refractivity contribution >= 4 is 11.8 Å². The number of carbonyl (C=O) groups excluding carboxylic acids is 1. The Morgan fingerprint density at radius 1 is 1.82 bits per heavy atom. The number of nitrogens with zero attached hydrogens (tertiary/aromatic N) is 1. The first-order chi connectivity index (χ1) is 5.33. The van der Waals surface area contributed by atoms with Crippen LogP contribution >= 0.6 is 0 Å². The van der Waals surface area contributed by atoms with Gasteiger partial charge in [0.2, 0.25) is 0 Å². The van der Waals surface area contributed by atoms with E-state index in [1.807, 2.05) is 0 Å². The Balaban J connectivity index is 2.58. The Labute approximate surface area is 64.2 Å². The maximum Gasteiger partial charge on any atom is 0.411 e. The summed E-state index contributed by atoms with van der Waals surface area (Å²) in [6.45, 7) is 0. The molecule has 0 unspecified atom stereocenters. The first kappa shape index (κ1) is 7.53. The number of hydrogen-bond donors (Lipinski definition) is 1. The van der Waals surface area contributed by atoms with E-state index >= 15 is 0 Å². The normalized spacial score (nSPS) is 8.82. The summed E-state index contributed by atoms with van der Waals surface area (Å²) in [4.78, 5) is 14.4. The van der Waals surface area contributed by atoms with Gasteiger partial charge in [-0.3, -0.25) is 10.3 Å². The van der Waals surface area contributed by atoms with E-state index < -0.39 is 6.09 Å². The SMILES string of the molecule is COC(=O)Nc1c[c]cnc1. The Morgan fingerprint density at radius 2 is 2.64 bits per heavy atom. The maximum absolute atomic E-state index is 10.6. The molecule has 1 aromatic heterocycles. The Bertz CT molecular complexity index is 235. The van der Waals surface area contributed by atoms with Gasteiger partial charge in [-0.2, -0.15) is 0 Å². The molecule has 1 amide bonds. The van der Waals surface area contributed by atoms with Crippen LogP contribution in [0.2, 0.25) is 0 Å². The standard InChI is InChI=1S/C7H7N2O2/c1-11-7(10)9-6-3-2-4-8-5-6/h3-5H,1H3,(H,9,10). The lowest BCUT2D eigenvalue weighted by Gasteiger charge is -2.00. The third-order valence-corrected chi connectivity index (χ3v) is 1.03. The quantitative estimate of drug-likeness (QED) is 0.652. The van der Waals surface area contributed by atoms with Crippen LogP contribution in [0.4, 0.5) is 10.5 Å². The average Bonchev–Trinajstić information content (AvgIpc) is 2.06. The molecule has 4 heteroatoms. The van der Waals surface area contributed by atoms with Gasteiger partial charge in [0.1, 0.15) is 0 Å². The van der Waals surface area contributed by atoms with Crippen LogP contribution in [-0.2, 0) is 4.74 Å². The highest BCUT2D eigenvalue weighted by Gasteiger charge is 1.97. The number of ether oxygens (including phenoxy) is 1. The maximum atomic E-state index is 10.6. The number of nitrogens with one attached hydrogen (secondary N) is 1. The zero-order valence-corrected chi connectivity index (χ0v) is 6.00. The number of pyridine rings is 1. The number of methoxy groups -OCH3 is 1. The smallest absolute Gasteiger partial charge is 0.411 e. The fourth-order valence-corrected chi connectivity index (χ4v) is 0.562. The number of hydrogen-bond acceptors (Lipinski definition) is 3. The molecule has 0 fully saturated rings. The van der Waals surface area contributed by atoms with E-state index in [4.69, 9.17) is 0 Å². The van der Waals surface area contributed by atoms with Gasteiger partial charge in [-0.1, -0.05) is 0 Å². The summed E-state index contributed by atoms with van der Waals surface area (Å²) in [6.07, 6.45) is 2.50. The Morgan fingerprint density at radius 3 is 3.18 bits per heavy atom. The van der Waals surface area contributed by atoms with Crippen molar-refractivity contribution in [3.8, 4) is 0 Å². The molecule has 0 saturated heterocycles. The predicted molar refractivity (Wildman–Crippen MR) is 39.1 cm³/mol. The molecule has 0 aliphatic rings. The van der Waals surface area contributed by atoms with Crippen LogP contribution in [0.25, 0.3) is 0 Å². The van der Waals surface area contributed by atoms with Gasteiger partial charge in [-0.05, 0) is 6.07 Å². The largest absolute Gasteiger partial charge is 0.453 e. The topological polar surface area (TPSA) is 51.2 Å². The molecule has 4 nitrogen and oxygen atoms in total. The number of anilines is 1. The van der Waals surface area contributed by atoms with Crippen molar-refractivity contribution in [2.75, 3.05) is 12.4 Å². The molecule has 0 atom stereocenters. The average molecular weight is 151 g/mol. The Kier molecular flexibility index (Phi) is 2.43. The highest BCUT2D eigenvalue weighted by Crippen LogP contribution is 2.01. The second kappa shape index (κ2) is 3.55. The fraction of sp³-hybridized carbons (Fsp3) is 0.143. The lowest BCUT2D eigenvalue weighted by atomic mass is 10.4. The van der Waals surface area contributed by atoms with Gasteiger partial charge in [0.05, 0.1) is 19.0 Å². The van der Waals surface area contributed by atoms with Gasteiger partial charge < -0.3 is 4.74 Å². The van der Waals surface area contributed by atoms with E-state index in [0.717, 1.165) is 0 Å². The summed E-state index contributed by atoms with van der Waals surface area (Å²) in [5.41, 5.74) is 0.569. The zero-order chi connectivity index (χ0) is 8.10. The van der Waals surface area contributed by atoms with Crippen molar-refractivity contribution in [1.29, 1.82) is 0 Å². The van der Waals surface area contributed by atoms with Gasteiger partial charge >= 0.3 is 6.09 Å². The molecular formula is C7H7N2O2. The van der Waals surface area contributed by atoms with Crippen LogP contribution in [0, 0.1) is 6.07 Å². The summed E-state index contributed by atoms with van der Waals surface area (Å²) in [7, 11) is 1.30. The molecule has 0 aromatic carbocycles. The van der Waals surface area contributed by atoms with Gasteiger partial charge in [0, 0.05) is 12.3 Å². The van der Waals surface area contributed by atoms with Crippen LogP contribution in [-0.4, -0.2) is 18.2 Å². The lowest BCUT2D eigenvalue weighted by Crippen LogP contribution is -2.10. The third-order valence-electron chi connectivity index (χ3n) is 1.03. The summed E-state index contributed by atoms with van der Waals surface area (Å²) >= 11 is 0. The monoisotopic (exact) mass is 151 g/mol. The van der Waals surface area contributed by atoms with E-state index in [1.165, 1.54) is 19.5 Å². The van der Waals surface area contributed by atoms with Crippen molar-refractivity contribution in [3.63, 3.8) is 0 Å². The number of aromatic nitrogens is 1. The molecule has 11 heavy (non-hydrogen) atoms. The molecule has 1 rings (SSSR count). The van der Waals surface area contributed by atoms with Crippen molar-refractivity contribution < 1.29 is 9.53 Å². The number of amides is 1. The summed E-state index contributed by atoms with van der Waals surface area (Å²) in [5.74, 6) is 0. The van der Waals surface area contributed by atoms with E-state index in [1.54, 1.807) is 6.07 Å². The van der Waals surface area contributed by atoms with Crippen molar-refractivity contribution in [2.24, 2.45) is 0 Å². The van der Waals surface area contributed by atoms with E-state index in [0.29, 0.717) is 5.69 Å². The fourth-order valence-electron chi connectivity index (χ4n) is 0.562. The van der Waals surface area contributed by atoms with E-state index in [-0.39, 0.29) is 0 Å². The predicted octanol–water partition coefficient (Wildman–Crippen LogP) is 1.06.